The number of methoxy groups -OCH3 is 1. The number of aromatic nitrogens is 5. The molecule has 1 amide bonds. The number of nitrogens with zero attached hydrogens (tertiary/aromatic N) is 6. The quantitative estimate of drug-likeness (QED) is 0.111. The number of hydrogen-bond donors (Lipinski definition) is 2. The molecular formula is C40H31ClF5N7O6S. The maximum absolute atomic E-state index is 14.9. The van der Waals surface area contributed by atoms with Crippen LogP contribution in [0.5, 0.6) is 5.75 Å². The number of carboxylic acid groups (broad SMARTS) is 1. The van der Waals surface area contributed by atoms with Crippen molar-refractivity contribution in [2.24, 2.45) is 0 Å². The number of sulfonamides is 1. The maximum Gasteiger partial charge on any atom is 0.405 e. The number of pyridine rings is 1. The molecule has 3 aromatic heterocycles. The highest BCUT2D eigenvalue weighted by Gasteiger charge is 2.31. The lowest BCUT2D eigenvalue weighted by molar-refractivity contribution is 0.123. The zero-order valence-corrected chi connectivity index (χ0v) is 32.9. The van der Waals surface area contributed by atoms with Crippen LogP contribution in [0.2, 0.25) is 5.02 Å². The number of hydrogen-bond acceptors (Lipinski definition) is 8. The normalized spacial score (nSPS) is 12.3. The van der Waals surface area contributed by atoms with E-state index in [1.54, 1.807) is 30.3 Å². The number of amides is 1. The molecule has 0 saturated carbocycles. The fourth-order valence-corrected chi connectivity index (χ4v) is 7.86. The molecule has 7 rings (SSSR count). The number of carbonyl (C=O) groups is 1. The van der Waals surface area contributed by atoms with Crippen molar-refractivity contribution in [3.8, 4) is 22.7 Å². The summed E-state index contributed by atoms with van der Waals surface area (Å²) in [6, 6.07) is 18.0. The molecule has 1 atom stereocenters. The highest BCUT2D eigenvalue weighted by Crippen LogP contribution is 2.39. The topological polar surface area (TPSA) is 162 Å². The van der Waals surface area contributed by atoms with Crippen molar-refractivity contribution >= 4 is 55.5 Å². The summed E-state index contributed by atoms with van der Waals surface area (Å²) < 4.78 is 107. The van der Waals surface area contributed by atoms with E-state index in [1.165, 1.54) is 49.6 Å². The summed E-state index contributed by atoms with van der Waals surface area (Å²) in [4.78, 5) is 36.2. The van der Waals surface area contributed by atoms with Crippen molar-refractivity contribution < 1.29 is 45.0 Å². The molecule has 20 heteroatoms. The summed E-state index contributed by atoms with van der Waals surface area (Å²) in [5.74, 6) is -3.00. The van der Waals surface area contributed by atoms with E-state index >= 15 is 0 Å². The van der Waals surface area contributed by atoms with Gasteiger partial charge in [0.25, 0.3) is 12.0 Å². The Hall–Kier alpha value is -6.60. The number of alkyl halides is 2. The van der Waals surface area contributed by atoms with Crippen molar-refractivity contribution in [2.45, 2.75) is 32.0 Å². The second-order valence-corrected chi connectivity index (χ2v) is 15.8. The first-order chi connectivity index (χ1) is 28.5. The van der Waals surface area contributed by atoms with E-state index in [9.17, 15) is 45.1 Å². The van der Waals surface area contributed by atoms with E-state index in [4.69, 9.17) is 16.3 Å². The molecule has 0 spiro atoms. The third kappa shape index (κ3) is 8.44. The Bertz CT molecular complexity index is 2950. The number of nitrogens with one attached hydrogen (secondary N) is 1. The van der Waals surface area contributed by atoms with E-state index in [0.29, 0.717) is 17.4 Å². The fraction of sp³-hybridized carbons (Fsp3) is 0.175. The minimum absolute atomic E-state index is 0.0373. The molecule has 0 radical (unpaired) electrons. The zero-order chi connectivity index (χ0) is 43.0. The molecule has 1 unspecified atom stereocenters. The SMILES string of the molecule is COc1ccc(CN(c2nn(CC(F)F)c3c(-n4c(C(Cc5cc(F)cc(F)c5)NC(=O)O)nc5nc(-c6ccccc6F)ccc5c4=O)ccc(Cl)c23)S(C)(=O)=O)cc1. The molecule has 0 fully saturated rings. The van der Waals surface area contributed by atoms with Crippen molar-refractivity contribution in [1.29, 1.82) is 0 Å². The highest BCUT2D eigenvalue weighted by molar-refractivity contribution is 7.92. The van der Waals surface area contributed by atoms with Crippen LogP contribution in [0.1, 0.15) is 23.0 Å². The first-order valence-corrected chi connectivity index (χ1v) is 20.0. The van der Waals surface area contributed by atoms with E-state index in [2.05, 4.69) is 20.4 Å². The van der Waals surface area contributed by atoms with Crippen LogP contribution in [0.15, 0.2) is 95.8 Å². The Balaban J connectivity index is 1.55. The van der Waals surface area contributed by atoms with Crippen LogP contribution in [0.4, 0.5) is 32.6 Å². The first-order valence-electron chi connectivity index (χ1n) is 17.7. The molecule has 0 aliphatic carbocycles. The lowest BCUT2D eigenvalue weighted by Crippen LogP contribution is -2.35. The van der Waals surface area contributed by atoms with Crippen molar-refractivity contribution in [3.63, 3.8) is 0 Å². The second kappa shape index (κ2) is 16.6. The lowest BCUT2D eigenvalue weighted by atomic mass is 10.0. The second-order valence-electron chi connectivity index (χ2n) is 13.4. The highest BCUT2D eigenvalue weighted by atomic mass is 35.5. The van der Waals surface area contributed by atoms with Crippen LogP contribution in [-0.2, 0) is 29.5 Å². The van der Waals surface area contributed by atoms with Crippen LogP contribution in [0.25, 0.3) is 38.9 Å². The van der Waals surface area contributed by atoms with Gasteiger partial charge in [-0.2, -0.15) is 5.10 Å². The predicted octanol–water partition coefficient (Wildman–Crippen LogP) is 7.66. The minimum Gasteiger partial charge on any atom is -0.497 e. The molecule has 3 heterocycles. The third-order valence-corrected chi connectivity index (χ3v) is 10.8. The van der Waals surface area contributed by atoms with E-state index in [1.807, 2.05) is 0 Å². The van der Waals surface area contributed by atoms with Gasteiger partial charge in [0, 0.05) is 18.1 Å². The van der Waals surface area contributed by atoms with Gasteiger partial charge in [-0.3, -0.25) is 14.0 Å². The molecule has 310 valence electrons. The van der Waals surface area contributed by atoms with Gasteiger partial charge in [-0.25, -0.2) is 49.4 Å². The molecule has 60 heavy (non-hydrogen) atoms. The van der Waals surface area contributed by atoms with Crippen LogP contribution in [0.3, 0.4) is 0 Å². The monoisotopic (exact) mass is 867 g/mol. The Morgan fingerprint density at radius 3 is 2.28 bits per heavy atom. The summed E-state index contributed by atoms with van der Waals surface area (Å²) in [7, 11) is -2.80. The largest absolute Gasteiger partial charge is 0.497 e. The molecule has 13 nitrogen and oxygen atoms in total. The van der Waals surface area contributed by atoms with Gasteiger partial charge in [0.05, 0.1) is 58.6 Å². The molecule has 2 N–H and O–H groups in total. The number of halogens is 6. The van der Waals surface area contributed by atoms with Crippen LogP contribution < -0.4 is 19.9 Å². The fourth-order valence-electron chi connectivity index (χ4n) is 6.80. The van der Waals surface area contributed by atoms with Crippen molar-refractivity contribution in [1.82, 2.24) is 29.6 Å². The molecule has 0 aliphatic heterocycles. The average molecular weight is 868 g/mol. The van der Waals surface area contributed by atoms with Gasteiger partial charge in [0.15, 0.2) is 11.5 Å². The molecule has 0 saturated heterocycles. The summed E-state index contributed by atoms with van der Waals surface area (Å²) in [5, 5.41) is 16.0. The van der Waals surface area contributed by atoms with Crippen molar-refractivity contribution in [2.75, 3.05) is 17.7 Å². The summed E-state index contributed by atoms with van der Waals surface area (Å²) in [6.45, 7) is -1.49. The number of rotatable bonds is 13. The first kappa shape index (κ1) is 41.6. The van der Waals surface area contributed by atoms with E-state index < -0.39 is 70.4 Å². The molecule has 0 bridgehead atoms. The van der Waals surface area contributed by atoms with Gasteiger partial charge in [-0.05, 0) is 71.8 Å². The van der Waals surface area contributed by atoms with E-state index in [-0.39, 0.29) is 61.8 Å². The van der Waals surface area contributed by atoms with Gasteiger partial charge >= 0.3 is 6.09 Å². The van der Waals surface area contributed by atoms with Gasteiger partial charge in [-0.15, -0.1) is 0 Å². The standard InChI is InChI=1S/C40H31ClF5N7O6S/c1-59-25-9-7-21(8-10-25)19-52(60(2,57)58)38-34-28(41)12-14-32(35(34)51(50-38)20-33(45)46)53-37(31(48-40(55)56)17-22-15-23(42)18-24(43)16-22)49-36-27(39(53)54)11-13-30(47-36)26-5-3-4-6-29(26)44/h3-16,18,31,33,48H,17,19-20H2,1-2H3,(H,55,56). The minimum atomic E-state index is -4.25. The van der Waals surface area contributed by atoms with Gasteiger partial charge in [0.2, 0.25) is 10.0 Å². The predicted molar refractivity (Wildman–Crippen MR) is 213 cm³/mol. The van der Waals surface area contributed by atoms with Gasteiger partial charge < -0.3 is 15.2 Å². The van der Waals surface area contributed by atoms with Crippen LogP contribution in [-0.4, -0.2) is 63.7 Å². The van der Waals surface area contributed by atoms with Gasteiger partial charge in [-0.1, -0.05) is 35.9 Å². The number of fused-ring (bicyclic) bond motifs is 2. The maximum atomic E-state index is 14.9. The third-order valence-electron chi connectivity index (χ3n) is 9.36. The number of ether oxygens (including phenoxy) is 1. The Morgan fingerprint density at radius 2 is 1.65 bits per heavy atom. The van der Waals surface area contributed by atoms with Gasteiger partial charge in [0.1, 0.15) is 35.6 Å². The average Bonchev–Trinajstić information content (AvgIpc) is 3.55. The van der Waals surface area contributed by atoms with Crippen LogP contribution >= 0.6 is 11.6 Å². The summed E-state index contributed by atoms with van der Waals surface area (Å²) in [5.41, 5.74) is -1.35. The number of anilines is 1. The lowest BCUT2D eigenvalue weighted by Gasteiger charge is -2.23. The zero-order valence-electron chi connectivity index (χ0n) is 31.3. The smallest absolute Gasteiger partial charge is 0.405 e. The molecular weight excluding hydrogens is 837 g/mol. The molecule has 0 aliphatic rings. The van der Waals surface area contributed by atoms with Crippen molar-refractivity contribution in [3.05, 3.63) is 141 Å². The Labute approximate surface area is 342 Å². The Kier molecular flexibility index (Phi) is 11.5. The molecule has 4 aromatic carbocycles. The Morgan fingerprint density at radius 1 is 0.950 bits per heavy atom. The number of benzene rings is 4. The van der Waals surface area contributed by atoms with E-state index in [0.717, 1.165) is 31.9 Å². The summed E-state index contributed by atoms with van der Waals surface area (Å²) in [6.07, 6.45) is -4.38. The summed E-state index contributed by atoms with van der Waals surface area (Å²) >= 11 is 6.76. The molecule has 7 aromatic rings. The van der Waals surface area contributed by atoms with Crippen LogP contribution in [0, 0.1) is 17.5 Å².